The van der Waals surface area contributed by atoms with E-state index in [-0.39, 0.29) is 57.7 Å². The predicted octanol–water partition coefficient (Wildman–Crippen LogP) is -2.77. The number of hydrogen-bond acceptors (Lipinski definition) is 4. The van der Waals surface area contributed by atoms with Gasteiger partial charge in [-0.1, -0.05) is 0 Å². The van der Waals surface area contributed by atoms with Gasteiger partial charge in [0.05, 0.1) is 0 Å². The molecule has 0 unspecified atom stereocenters. The summed E-state index contributed by atoms with van der Waals surface area (Å²) in [6.45, 7) is 0. The van der Waals surface area contributed by atoms with Gasteiger partial charge in [0.2, 0.25) is 0 Å². The van der Waals surface area contributed by atoms with Gasteiger partial charge < -0.3 is 22.0 Å². The zero-order valence-corrected chi connectivity index (χ0v) is 7.66. The summed E-state index contributed by atoms with van der Waals surface area (Å²) < 4.78 is 0. The molecule has 0 fully saturated rings. The predicted molar refractivity (Wildman–Crippen MR) is 22.6 cm³/mol. The van der Waals surface area contributed by atoms with Crippen LogP contribution in [-0.4, -0.2) is 66.0 Å². The Morgan fingerprint density at radius 3 is 1.00 bits per heavy atom. The molecular formula is H6CaFeO4Si. The number of hydrogen-bond donors (Lipinski definition) is 4. The zero-order chi connectivity index (χ0) is 4.50. The Morgan fingerprint density at radius 1 is 1.00 bits per heavy atom. The molecule has 0 saturated heterocycles. The van der Waals surface area contributed by atoms with Crippen LogP contribution >= 0.6 is 0 Å². The molecule has 0 aromatic carbocycles. The fourth-order valence-electron chi connectivity index (χ4n) is 0. The summed E-state index contributed by atoms with van der Waals surface area (Å²) in [5.74, 6) is 0. The van der Waals surface area contributed by atoms with Gasteiger partial charge in [0.15, 0.2) is 0 Å². The molecular weight excluding hydrogens is 188 g/mol. The van der Waals surface area contributed by atoms with Crippen molar-refractivity contribution in [2.45, 2.75) is 0 Å². The first-order valence-electron chi connectivity index (χ1n) is 0.894. The summed E-state index contributed by atoms with van der Waals surface area (Å²) in [5.41, 5.74) is 0. The molecule has 0 radical (unpaired) electrons. The third kappa shape index (κ3) is 79.2. The van der Waals surface area contributed by atoms with Gasteiger partial charge in [-0.2, -0.15) is 0 Å². The van der Waals surface area contributed by atoms with E-state index in [0.29, 0.717) is 0 Å². The second-order valence-electron chi connectivity index (χ2n) is 0.600. The summed E-state index contributed by atoms with van der Waals surface area (Å²) in [6.07, 6.45) is 0. The smallest absolute Gasteiger partial charge is 1.00 e. The summed E-state index contributed by atoms with van der Waals surface area (Å²) in [5, 5.41) is 0. The van der Waals surface area contributed by atoms with Crippen LogP contribution in [0.3, 0.4) is 0 Å². The van der Waals surface area contributed by atoms with Crippen LogP contribution in [0.4, 0.5) is 0 Å². The van der Waals surface area contributed by atoms with E-state index in [1.165, 1.54) is 0 Å². The average molecular weight is 194 g/mol. The maximum atomic E-state index is 7.33. The van der Waals surface area contributed by atoms with Crippen molar-refractivity contribution in [1.82, 2.24) is 0 Å². The van der Waals surface area contributed by atoms with Crippen molar-refractivity contribution in [2.75, 3.05) is 0 Å². The van der Waals surface area contributed by atoms with Crippen LogP contribution in [0.15, 0.2) is 0 Å². The fraction of sp³-hybridized carbons (Fsp3) is 0. The molecule has 0 heterocycles. The second-order valence-corrected chi connectivity index (χ2v) is 1.80. The molecule has 0 aromatic heterocycles. The van der Waals surface area contributed by atoms with Crippen LogP contribution in [0.2, 0.25) is 0 Å². The molecule has 0 aliphatic carbocycles. The van der Waals surface area contributed by atoms with E-state index in [9.17, 15) is 0 Å². The van der Waals surface area contributed by atoms with Crippen LogP contribution < -0.4 is 0 Å². The first-order chi connectivity index (χ1) is 2.00. The monoisotopic (exact) mass is 194 g/mol. The maximum absolute atomic E-state index is 7.33. The molecule has 0 aromatic rings. The van der Waals surface area contributed by atoms with Crippen LogP contribution in [0, 0.1) is 0 Å². The molecule has 0 spiro atoms. The van der Waals surface area contributed by atoms with Crippen molar-refractivity contribution in [2.24, 2.45) is 0 Å². The molecule has 7 heavy (non-hydrogen) atoms. The molecule has 4 N–H and O–H groups in total. The van der Waals surface area contributed by atoms with Gasteiger partial charge in [0.25, 0.3) is 0 Å². The average Bonchev–Trinajstić information content (AvgIpc) is 0.722. The SMILES string of the molecule is O[Si](O)(O)O.[Ca+2].[Fe].[H-].[H-]. The van der Waals surface area contributed by atoms with Crippen molar-refractivity contribution < 1.29 is 39.1 Å². The maximum Gasteiger partial charge on any atom is 2.00 e. The standard InChI is InChI=1S/Ca.Fe.H4O4Si.2H/c;;1-5(2,3)4;;/h;;1-4H;;/q+2;;;2*-1. The van der Waals surface area contributed by atoms with Gasteiger partial charge in [-0.25, -0.2) is 0 Å². The number of rotatable bonds is 0. The van der Waals surface area contributed by atoms with E-state index >= 15 is 0 Å². The van der Waals surface area contributed by atoms with Crippen molar-refractivity contribution in [3.8, 4) is 0 Å². The minimum absolute atomic E-state index is 0. The molecule has 0 amide bonds. The Bertz CT molecular complexity index is 34.0. The van der Waals surface area contributed by atoms with E-state index in [2.05, 4.69) is 0 Å². The first kappa shape index (κ1) is 15.9. The van der Waals surface area contributed by atoms with Gasteiger partial charge in [-0.3, -0.25) is 0 Å². The minimum atomic E-state index is -4.61. The molecule has 0 bridgehead atoms. The Hall–Kier alpha value is 1.84. The van der Waals surface area contributed by atoms with Crippen LogP contribution in [-0.2, 0) is 17.1 Å². The van der Waals surface area contributed by atoms with E-state index in [1.807, 2.05) is 0 Å². The van der Waals surface area contributed by atoms with Gasteiger partial charge in [0.1, 0.15) is 0 Å². The Morgan fingerprint density at radius 2 is 1.00 bits per heavy atom. The van der Waals surface area contributed by atoms with Gasteiger partial charge in [0, 0.05) is 17.1 Å². The molecule has 44 valence electrons. The van der Waals surface area contributed by atoms with E-state index in [4.69, 9.17) is 19.2 Å². The minimum Gasteiger partial charge on any atom is -1.00 e. The van der Waals surface area contributed by atoms with Crippen LogP contribution in [0.5, 0.6) is 0 Å². The first-order valence-corrected chi connectivity index (χ1v) is 2.68. The summed E-state index contributed by atoms with van der Waals surface area (Å²) in [7, 11) is -4.61. The van der Waals surface area contributed by atoms with E-state index < -0.39 is 9.05 Å². The van der Waals surface area contributed by atoms with Crippen molar-refractivity contribution in [3.05, 3.63) is 0 Å². The Kier molecular flexibility index (Phi) is 13.6. The van der Waals surface area contributed by atoms with Gasteiger partial charge >= 0.3 is 46.8 Å². The summed E-state index contributed by atoms with van der Waals surface area (Å²) >= 11 is 0. The Balaban J connectivity index is -0.0000000133. The van der Waals surface area contributed by atoms with Crippen molar-refractivity contribution in [3.63, 3.8) is 0 Å². The normalized spacial score (nSPS) is 8.57. The zero-order valence-electron chi connectivity index (χ0n) is 5.35. The topological polar surface area (TPSA) is 80.9 Å². The van der Waals surface area contributed by atoms with Crippen LogP contribution in [0.1, 0.15) is 2.85 Å². The largest absolute Gasteiger partial charge is 2.00 e. The third-order valence-electron chi connectivity index (χ3n) is 0. The second kappa shape index (κ2) is 5.96. The molecule has 4 nitrogen and oxygen atoms in total. The summed E-state index contributed by atoms with van der Waals surface area (Å²) in [6, 6.07) is 0. The van der Waals surface area contributed by atoms with E-state index in [0.717, 1.165) is 0 Å². The van der Waals surface area contributed by atoms with Gasteiger partial charge in [-0.15, -0.1) is 0 Å². The van der Waals surface area contributed by atoms with Crippen LogP contribution in [0.25, 0.3) is 0 Å². The van der Waals surface area contributed by atoms with E-state index in [1.54, 1.807) is 0 Å². The van der Waals surface area contributed by atoms with Gasteiger partial charge in [-0.05, 0) is 0 Å². The summed E-state index contributed by atoms with van der Waals surface area (Å²) in [4.78, 5) is 29.3. The molecule has 0 aliphatic heterocycles. The molecule has 7 heteroatoms. The third-order valence-corrected chi connectivity index (χ3v) is 0. The molecule has 0 aliphatic rings. The quantitative estimate of drug-likeness (QED) is 0.315. The fourth-order valence-corrected chi connectivity index (χ4v) is 0. The molecule has 0 rings (SSSR count). The van der Waals surface area contributed by atoms with Crippen molar-refractivity contribution >= 4 is 46.8 Å². The molecule has 0 atom stereocenters. The Labute approximate surface area is 85.1 Å². The van der Waals surface area contributed by atoms with Crippen molar-refractivity contribution in [1.29, 1.82) is 0 Å². The molecule has 0 saturated carbocycles.